The second kappa shape index (κ2) is 7.44. The normalized spacial score (nSPS) is 21.9. The summed E-state index contributed by atoms with van der Waals surface area (Å²) in [5.74, 6) is 1.03. The Bertz CT molecular complexity index is 838. The molecule has 1 aliphatic heterocycles. The molecule has 2 aromatic rings. The van der Waals surface area contributed by atoms with E-state index < -0.39 is 7.92 Å². The third-order valence-corrected chi connectivity index (χ3v) is 7.69. The zero-order valence-corrected chi connectivity index (χ0v) is 17.1. The molecule has 0 fully saturated rings. The highest BCUT2D eigenvalue weighted by Gasteiger charge is 2.36. The number of rotatable bonds is 4. The van der Waals surface area contributed by atoms with E-state index in [1.165, 1.54) is 15.9 Å². The lowest BCUT2D eigenvalue weighted by Gasteiger charge is -2.25. The van der Waals surface area contributed by atoms with Gasteiger partial charge in [0, 0.05) is 0 Å². The maximum Gasteiger partial charge on any atom is 0.195 e. The first-order valence-corrected chi connectivity index (χ1v) is 10.9. The summed E-state index contributed by atoms with van der Waals surface area (Å²) in [5.41, 5.74) is 0.123. The molecule has 2 atom stereocenters. The molecule has 0 bridgehead atoms. The van der Waals surface area contributed by atoms with Crippen LogP contribution in [0.25, 0.3) is 0 Å². The number of nitrogens with zero attached hydrogens (tertiary/aromatic N) is 1. The van der Waals surface area contributed by atoms with Gasteiger partial charge in [-0.2, -0.15) is 0 Å². The minimum atomic E-state index is -0.612. The van der Waals surface area contributed by atoms with E-state index in [1.54, 1.807) is 0 Å². The topological polar surface area (TPSA) is 21.6 Å². The van der Waals surface area contributed by atoms with Gasteiger partial charge >= 0.3 is 0 Å². The van der Waals surface area contributed by atoms with Gasteiger partial charge < -0.3 is 4.74 Å². The predicted octanol–water partition coefficient (Wildman–Crippen LogP) is 5.03. The average Bonchev–Trinajstić information content (AvgIpc) is 3.33. The number of hydrogen-bond donors (Lipinski definition) is 0. The van der Waals surface area contributed by atoms with Crippen LogP contribution in [-0.2, 0) is 4.74 Å². The summed E-state index contributed by atoms with van der Waals surface area (Å²) in [6, 6.07) is 21.9. The zero-order valence-electron chi connectivity index (χ0n) is 16.2. The smallest absolute Gasteiger partial charge is 0.195 e. The summed E-state index contributed by atoms with van der Waals surface area (Å²) in [7, 11) is -0.612. The van der Waals surface area contributed by atoms with Gasteiger partial charge in [-0.1, -0.05) is 99.7 Å². The van der Waals surface area contributed by atoms with Gasteiger partial charge in [-0.25, -0.2) is 4.99 Å². The van der Waals surface area contributed by atoms with Crippen LogP contribution in [0.3, 0.4) is 0 Å². The SMILES string of the molecule is CC(C)(C)[C@H]1COC(C2C=CC=C2P(c2ccccc2)c2ccccc2)=N1. The number of aliphatic imine (C=N–C) groups is 1. The largest absolute Gasteiger partial charge is 0.478 e. The molecule has 0 aromatic heterocycles. The number of ether oxygens (including phenoxy) is 1. The average molecular weight is 375 g/mol. The standard InChI is InChI=1S/C24H26NOP/c1-24(2,3)22-17-26-23(25-22)20-15-10-16-21(20)27(18-11-6-4-7-12-18)19-13-8-5-9-14-19/h4-16,20,22H,17H2,1-3H3/t20?,22-/m1/s1. The second-order valence-corrected chi connectivity index (χ2v) is 10.3. The van der Waals surface area contributed by atoms with E-state index in [-0.39, 0.29) is 17.4 Å². The van der Waals surface area contributed by atoms with Crippen molar-refractivity contribution in [1.82, 2.24) is 0 Å². The Morgan fingerprint density at radius 2 is 1.52 bits per heavy atom. The third kappa shape index (κ3) is 3.77. The van der Waals surface area contributed by atoms with Crippen LogP contribution < -0.4 is 10.6 Å². The lowest BCUT2D eigenvalue weighted by atomic mass is 9.88. The van der Waals surface area contributed by atoms with E-state index >= 15 is 0 Å². The van der Waals surface area contributed by atoms with Crippen LogP contribution in [-0.4, -0.2) is 18.5 Å². The Hall–Kier alpha value is -2.18. The lowest BCUT2D eigenvalue weighted by Crippen LogP contribution is -2.25. The quantitative estimate of drug-likeness (QED) is 0.687. The molecule has 0 amide bonds. The maximum absolute atomic E-state index is 6.10. The molecule has 3 heteroatoms. The third-order valence-electron chi connectivity index (χ3n) is 5.11. The Morgan fingerprint density at radius 3 is 2.04 bits per heavy atom. The molecule has 2 aromatic carbocycles. The summed E-state index contributed by atoms with van der Waals surface area (Å²) in [5, 5.41) is 4.13. The van der Waals surface area contributed by atoms with E-state index in [4.69, 9.17) is 9.73 Å². The highest BCUT2D eigenvalue weighted by molar-refractivity contribution is 7.76. The fourth-order valence-corrected chi connectivity index (χ4v) is 6.04. The van der Waals surface area contributed by atoms with Gasteiger partial charge in [0.15, 0.2) is 5.90 Å². The molecule has 2 aliphatic rings. The van der Waals surface area contributed by atoms with Crippen LogP contribution in [0.2, 0.25) is 0 Å². The van der Waals surface area contributed by atoms with Crippen molar-refractivity contribution < 1.29 is 4.74 Å². The van der Waals surface area contributed by atoms with E-state index in [0.717, 1.165) is 5.90 Å². The van der Waals surface area contributed by atoms with Crippen LogP contribution in [0.1, 0.15) is 20.8 Å². The Balaban J connectivity index is 1.71. The molecule has 2 nitrogen and oxygen atoms in total. The van der Waals surface area contributed by atoms with Crippen molar-refractivity contribution in [2.75, 3.05) is 6.61 Å². The van der Waals surface area contributed by atoms with E-state index in [2.05, 4.69) is 99.7 Å². The Labute approximate surface area is 163 Å². The molecular formula is C24H26NOP. The first kappa shape index (κ1) is 18.2. The van der Waals surface area contributed by atoms with Crippen molar-refractivity contribution in [3.63, 3.8) is 0 Å². The summed E-state index contributed by atoms with van der Waals surface area (Å²) < 4.78 is 6.10. The highest BCUT2D eigenvalue weighted by atomic mass is 31.1. The second-order valence-electron chi connectivity index (χ2n) is 8.12. The van der Waals surface area contributed by atoms with Crippen molar-refractivity contribution in [3.8, 4) is 0 Å². The summed E-state index contributed by atoms with van der Waals surface area (Å²) in [4.78, 5) is 4.97. The van der Waals surface area contributed by atoms with Crippen LogP contribution >= 0.6 is 7.92 Å². The Kier molecular flexibility index (Phi) is 5.02. The molecule has 0 N–H and O–H groups in total. The predicted molar refractivity (Wildman–Crippen MR) is 116 cm³/mol. The van der Waals surface area contributed by atoms with E-state index in [1.807, 2.05) is 0 Å². The van der Waals surface area contributed by atoms with Crippen molar-refractivity contribution in [2.24, 2.45) is 16.3 Å². The van der Waals surface area contributed by atoms with Gasteiger partial charge in [-0.3, -0.25) is 0 Å². The van der Waals surface area contributed by atoms with Gasteiger partial charge in [0.25, 0.3) is 0 Å². The lowest BCUT2D eigenvalue weighted by molar-refractivity contribution is 0.232. The molecule has 1 unspecified atom stereocenters. The summed E-state index contributed by atoms with van der Waals surface area (Å²) >= 11 is 0. The molecule has 1 aliphatic carbocycles. The first-order valence-electron chi connectivity index (χ1n) is 9.53. The number of benzene rings is 2. The van der Waals surface area contributed by atoms with Gasteiger partial charge in [0.05, 0.1) is 12.0 Å². The summed E-state index contributed by atoms with van der Waals surface area (Å²) in [6.07, 6.45) is 6.67. The summed E-state index contributed by atoms with van der Waals surface area (Å²) in [6.45, 7) is 7.38. The molecule has 0 saturated carbocycles. The first-order chi connectivity index (χ1) is 13.0. The van der Waals surface area contributed by atoms with Crippen LogP contribution in [0.5, 0.6) is 0 Å². The minimum Gasteiger partial charge on any atom is -0.478 e. The van der Waals surface area contributed by atoms with Gasteiger partial charge in [-0.05, 0) is 29.3 Å². The fraction of sp³-hybridized carbons (Fsp3) is 0.292. The zero-order chi connectivity index (χ0) is 18.9. The maximum atomic E-state index is 6.10. The molecular weight excluding hydrogens is 349 g/mol. The van der Waals surface area contributed by atoms with E-state index in [9.17, 15) is 0 Å². The van der Waals surface area contributed by atoms with Crippen molar-refractivity contribution in [3.05, 3.63) is 84.2 Å². The molecule has 0 spiro atoms. The Morgan fingerprint density at radius 1 is 0.926 bits per heavy atom. The number of hydrogen-bond acceptors (Lipinski definition) is 2. The molecule has 27 heavy (non-hydrogen) atoms. The van der Waals surface area contributed by atoms with Crippen LogP contribution in [0.4, 0.5) is 0 Å². The molecule has 0 radical (unpaired) electrons. The molecule has 1 heterocycles. The van der Waals surface area contributed by atoms with E-state index in [0.29, 0.717) is 6.61 Å². The van der Waals surface area contributed by atoms with Crippen molar-refractivity contribution >= 4 is 24.4 Å². The minimum absolute atomic E-state index is 0.123. The monoisotopic (exact) mass is 375 g/mol. The number of allylic oxidation sites excluding steroid dienone is 2. The van der Waals surface area contributed by atoms with Crippen molar-refractivity contribution in [1.29, 1.82) is 0 Å². The molecule has 138 valence electrons. The van der Waals surface area contributed by atoms with Gasteiger partial charge in [0.1, 0.15) is 6.61 Å². The van der Waals surface area contributed by atoms with Gasteiger partial charge in [0.2, 0.25) is 0 Å². The fourth-order valence-electron chi connectivity index (χ4n) is 3.50. The van der Waals surface area contributed by atoms with Gasteiger partial charge in [-0.15, -0.1) is 0 Å². The molecule has 4 rings (SSSR count). The van der Waals surface area contributed by atoms with Crippen LogP contribution in [0, 0.1) is 11.3 Å². The van der Waals surface area contributed by atoms with Crippen LogP contribution in [0.15, 0.2) is 89.2 Å². The molecule has 0 saturated heterocycles. The van der Waals surface area contributed by atoms with Crippen molar-refractivity contribution in [2.45, 2.75) is 26.8 Å². The highest BCUT2D eigenvalue weighted by Crippen LogP contribution is 2.50.